The molecule has 0 aliphatic heterocycles. The maximum Gasteiger partial charge on any atom is 0.297 e. The van der Waals surface area contributed by atoms with Crippen LogP contribution in [-0.2, 0) is 0 Å². The van der Waals surface area contributed by atoms with Crippen molar-refractivity contribution in [2.45, 2.75) is 6.92 Å². The van der Waals surface area contributed by atoms with Crippen LogP contribution in [0.2, 0.25) is 0 Å². The topological polar surface area (TPSA) is 49.7 Å². The number of Topliss-reactive ketones (excluding diaryl/α,β-unsaturated/α-hetero) is 1. The first-order valence-electron chi connectivity index (χ1n) is 5.05. The molecule has 0 heterocycles. The largest absolute Gasteiger partial charge is 0.408 e. The Hall–Kier alpha value is -2.23. The van der Waals surface area contributed by atoms with E-state index < -0.39 is 11.7 Å². The number of nitrogens with zero attached hydrogens (tertiary/aromatic N) is 1. The SMILES string of the molecule is Cc1c(C(=O)/C(F)=N/O)ccc2ccccc12. The van der Waals surface area contributed by atoms with Gasteiger partial charge in [0.15, 0.2) is 0 Å². The summed E-state index contributed by atoms with van der Waals surface area (Å²) in [6, 6.07) is 10.8. The van der Waals surface area contributed by atoms with Crippen molar-refractivity contribution in [2.75, 3.05) is 0 Å². The van der Waals surface area contributed by atoms with E-state index in [0.29, 0.717) is 5.56 Å². The molecule has 0 spiro atoms. The number of rotatable bonds is 2. The lowest BCUT2D eigenvalue weighted by Gasteiger charge is -2.06. The van der Waals surface area contributed by atoms with Crippen LogP contribution in [0.25, 0.3) is 10.8 Å². The van der Waals surface area contributed by atoms with Gasteiger partial charge in [-0.1, -0.05) is 35.5 Å². The Kier molecular flexibility index (Phi) is 2.87. The Morgan fingerprint density at radius 3 is 2.65 bits per heavy atom. The molecule has 0 saturated carbocycles. The second-order valence-electron chi connectivity index (χ2n) is 3.68. The van der Waals surface area contributed by atoms with E-state index in [2.05, 4.69) is 5.16 Å². The van der Waals surface area contributed by atoms with Gasteiger partial charge in [0.1, 0.15) is 0 Å². The number of benzene rings is 2. The maximum atomic E-state index is 12.9. The molecule has 0 radical (unpaired) electrons. The van der Waals surface area contributed by atoms with Gasteiger partial charge in [-0.25, -0.2) is 0 Å². The first kappa shape index (κ1) is 11.3. The smallest absolute Gasteiger partial charge is 0.297 e. The zero-order valence-electron chi connectivity index (χ0n) is 9.14. The summed E-state index contributed by atoms with van der Waals surface area (Å²) < 4.78 is 12.9. The van der Waals surface area contributed by atoms with Crippen LogP contribution < -0.4 is 0 Å². The molecular formula is C13H10FNO2. The van der Waals surface area contributed by atoms with E-state index in [-0.39, 0.29) is 5.56 Å². The predicted molar refractivity (Wildman–Crippen MR) is 63.3 cm³/mol. The zero-order chi connectivity index (χ0) is 12.4. The van der Waals surface area contributed by atoms with E-state index in [0.717, 1.165) is 10.8 Å². The summed E-state index contributed by atoms with van der Waals surface area (Å²) in [5, 5.41) is 12.4. The number of halogens is 1. The Morgan fingerprint density at radius 1 is 1.24 bits per heavy atom. The highest BCUT2D eigenvalue weighted by Gasteiger charge is 2.17. The van der Waals surface area contributed by atoms with E-state index in [4.69, 9.17) is 5.21 Å². The van der Waals surface area contributed by atoms with Gasteiger partial charge in [0.2, 0.25) is 5.78 Å². The van der Waals surface area contributed by atoms with Crippen molar-refractivity contribution in [2.24, 2.45) is 5.16 Å². The van der Waals surface area contributed by atoms with Gasteiger partial charge < -0.3 is 5.21 Å². The molecule has 0 saturated heterocycles. The normalized spacial score (nSPS) is 11.8. The van der Waals surface area contributed by atoms with Crippen LogP contribution in [0.15, 0.2) is 41.6 Å². The minimum Gasteiger partial charge on any atom is -0.408 e. The second-order valence-corrected chi connectivity index (χ2v) is 3.68. The Bertz CT molecular complexity index is 620. The number of carbonyl (C=O) groups is 1. The molecule has 1 N–H and O–H groups in total. The third-order valence-corrected chi connectivity index (χ3v) is 2.72. The molecule has 86 valence electrons. The lowest BCUT2D eigenvalue weighted by atomic mass is 9.98. The van der Waals surface area contributed by atoms with Crippen molar-refractivity contribution in [1.29, 1.82) is 0 Å². The Labute approximate surface area is 97.2 Å². The molecule has 0 aromatic heterocycles. The minimum absolute atomic E-state index is 0.207. The molecular weight excluding hydrogens is 221 g/mol. The van der Waals surface area contributed by atoms with E-state index in [1.165, 1.54) is 6.07 Å². The van der Waals surface area contributed by atoms with Crippen molar-refractivity contribution < 1.29 is 14.4 Å². The van der Waals surface area contributed by atoms with Crippen molar-refractivity contribution >= 4 is 22.5 Å². The second kappa shape index (κ2) is 4.33. The third-order valence-electron chi connectivity index (χ3n) is 2.72. The fourth-order valence-corrected chi connectivity index (χ4v) is 1.83. The van der Waals surface area contributed by atoms with Crippen LogP contribution in [0.1, 0.15) is 15.9 Å². The summed E-state index contributed by atoms with van der Waals surface area (Å²) >= 11 is 0. The highest BCUT2D eigenvalue weighted by Crippen LogP contribution is 2.22. The quantitative estimate of drug-likeness (QED) is 0.373. The Balaban J connectivity index is 2.65. The molecule has 0 fully saturated rings. The summed E-state index contributed by atoms with van der Waals surface area (Å²) in [5.74, 6) is -2.31. The summed E-state index contributed by atoms with van der Waals surface area (Å²) in [4.78, 5) is 11.6. The number of ketones is 1. The number of carbonyl (C=O) groups excluding carboxylic acids is 1. The Morgan fingerprint density at radius 2 is 1.94 bits per heavy atom. The summed E-state index contributed by atoms with van der Waals surface area (Å²) in [5.41, 5.74) is 0.880. The monoisotopic (exact) mass is 231 g/mol. The van der Waals surface area contributed by atoms with E-state index in [9.17, 15) is 9.18 Å². The van der Waals surface area contributed by atoms with Crippen molar-refractivity contribution in [3.63, 3.8) is 0 Å². The summed E-state index contributed by atoms with van der Waals surface area (Å²) in [6.45, 7) is 1.74. The van der Waals surface area contributed by atoms with Crippen LogP contribution in [0.3, 0.4) is 0 Å². The van der Waals surface area contributed by atoms with Crippen LogP contribution in [0.4, 0.5) is 4.39 Å². The third kappa shape index (κ3) is 1.89. The van der Waals surface area contributed by atoms with Gasteiger partial charge in [0, 0.05) is 5.56 Å². The highest BCUT2D eigenvalue weighted by atomic mass is 19.1. The molecule has 0 atom stereocenters. The van der Waals surface area contributed by atoms with E-state index in [1.807, 2.05) is 24.3 Å². The van der Waals surface area contributed by atoms with E-state index >= 15 is 0 Å². The van der Waals surface area contributed by atoms with Gasteiger partial charge in [-0.15, -0.1) is 0 Å². The van der Waals surface area contributed by atoms with Gasteiger partial charge in [-0.2, -0.15) is 4.39 Å². The minimum atomic E-state index is -1.40. The fourth-order valence-electron chi connectivity index (χ4n) is 1.83. The first-order valence-corrected chi connectivity index (χ1v) is 5.05. The molecule has 2 rings (SSSR count). The van der Waals surface area contributed by atoms with Crippen molar-refractivity contribution in [3.8, 4) is 0 Å². The van der Waals surface area contributed by atoms with Gasteiger partial charge in [-0.3, -0.25) is 4.79 Å². The number of aryl methyl sites for hydroxylation is 1. The van der Waals surface area contributed by atoms with Crippen LogP contribution in [0.5, 0.6) is 0 Å². The molecule has 2 aromatic carbocycles. The van der Waals surface area contributed by atoms with Gasteiger partial charge >= 0.3 is 0 Å². The zero-order valence-corrected chi connectivity index (χ0v) is 9.14. The molecule has 3 nitrogen and oxygen atoms in total. The van der Waals surface area contributed by atoms with Gasteiger partial charge in [0.05, 0.1) is 0 Å². The van der Waals surface area contributed by atoms with Crippen molar-refractivity contribution in [1.82, 2.24) is 0 Å². The van der Waals surface area contributed by atoms with Gasteiger partial charge in [-0.05, 0) is 29.3 Å². The lowest BCUT2D eigenvalue weighted by molar-refractivity contribution is 0.104. The molecule has 0 unspecified atom stereocenters. The van der Waals surface area contributed by atoms with Crippen LogP contribution in [0, 0.1) is 6.92 Å². The average Bonchev–Trinajstić information content (AvgIpc) is 2.38. The predicted octanol–water partition coefficient (Wildman–Crippen LogP) is 3.09. The van der Waals surface area contributed by atoms with Crippen LogP contribution in [-0.4, -0.2) is 17.0 Å². The first-order chi connectivity index (χ1) is 8.15. The van der Waals surface area contributed by atoms with Gasteiger partial charge in [0.25, 0.3) is 5.97 Å². The summed E-state index contributed by atoms with van der Waals surface area (Å²) in [6.07, 6.45) is 0. The number of fused-ring (bicyclic) bond motifs is 1. The molecule has 0 aliphatic carbocycles. The highest BCUT2D eigenvalue weighted by molar-refractivity contribution is 6.43. The standard InChI is InChI=1S/C13H10FNO2/c1-8-10-5-3-2-4-9(10)6-7-11(8)12(16)13(14)15-17/h2-7,17H,1H3/b15-13-. The number of hydrogen-bond acceptors (Lipinski definition) is 3. The number of oxime groups is 1. The lowest BCUT2D eigenvalue weighted by Crippen LogP contribution is -2.10. The molecule has 0 amide bonds. The van der Waals surface area contributed by atoms with Crippen LogP contribution >= 0.6 is 0 Å². The molecule has 2 aromatic rings. The summed E-state index contributed by atoms with van der Waals surface area (Å²) in [7, 11) is 0. The maximum absolute atomic E-state index is 12.9. The molecule has 4 heteroatoms. The molecule has 0 aliphatic rings. The number of hydrogen-bond donors (Lipinski definition) is 1. The van der Waals surface area contributed by atoms with E-state index in [1.54, 1.807) is 13.0 Å². The fraction of sp³-hybridized carbons (Fsp3) is 0.0769. The van der Waals surface area contributed by atoms with Crippen molar-refractivity contribution in [3.05, 3.63) is 47.5 Å². The molecule has 0 bridgehead atoms. The average molecular weight is 231 g/mol. The molecule has 17 heavy (non-hydrogen) atoms.